The molecule has 1 aliphatic carbocycles. The molecule has 0 aromatic carbocycles. The fourth-order valence-corrected chi connectivity index (χ4v) is 3.43. The number of nitrogens with zero attached hydrogens (tertiary/aromatic N) is 1. The fourth-order valence-electron chi connectivity index (χ4n) is 3.43. The Labute approximate surface area is 105 Å². The third kappa shape index (κ3) is 3.21. The van der Waals surface area contributed by atoms with Crippen molar-refractivity contribution in [1.82, 2.24) is 4.90 Å². The molecular weight excluding hydrogens is 212 g/mol. The maximum Gasteiger partial charge on any atom is 0.222 e. The molecule has 2 aliphatic rings. The van der Waals surface area contributed by atoms with E-state index >= 15 is 0 Å². The van der Waals surface area contributed by atoms with Crippen molar-refractivity contribution < 1.29 is 4.79 Å². The summed E-state index contributed by atoms with van der Waals surface area (Å²) in [5.74, 6) is 1.13. The van der Waals surface area contributed by atoms with Gasteiger partial charge < -0.3 is 10.6 Å². The molecule has 3 nitrogen and oxygen atoms in total. The first-order chi connectivity index (χ1) is 8.18. The van der Waals surface area contributed by atoms with Crippen LogP contribution in [0.25, 0.3) is 0 Å². The summed E-state index contributed by atoms with van der Waals surface area (Å²) in [5.41, 5.74) is 5.73. The predicted octanol–water partition coefficient (Wildman–Crippen LogP) is 2.29. The molecule has 3 heteroatoms. The van der Waals surface area contributed by atoms with Gasteiger partial charge in [0.1, 0.15) is 0 Å². The smallest absolute Gasteiger partial charge is 0.222 e. The summed E-state index contributed by atoms with van der Waals surface area (Å²) in [5, 5.41) is 0. The van der Waals surface area contributed by atoms with Crippen LogP contribution in [0, 0.1) is 5.92 Å². The first kappa shape index (κ1) is 12.9. The Morgan fingerprint density at radius 2 is 2.00 bits per heavy atom. The lowest BCUT2D eigenvalue weighted by atomic mass is 9.78. The van der Waals surface area contributed by atoms with Crippen LogP contribution in [0.4, 0.5) is 0 Å². The lowest BCUT2D eigenvalue weighted by Crippen LogP contribution is -2.49. The number of fused-ring (bicyclic) bond motifs is 1. The molecule has 2 N–H and O–H groups in total. The summed E-state index contributed by atoms with van der Waals surface area (Å²) in [7, 11) is 0. The van der Waals surface area contributed by atoms with Crippen LogP contribution in [0.3, 0.4) is 0 Å². The van der Waals surface area contributed by atoms with Crippen LogP contribution in [0.15, 0.2) is 0 Å². The molecule has 1 unspecified atom stereocenters. The van der Waals surface area contributed by atoms with Crippen molar-refractivity contribution in [1.29, 1.82) is 0 Å². The van der Waals surface area contributed by atoms with E-state index in [-0.39, 0.29) is 6.04 Å². The number of rotatable bonds is 3. The lowest BCUT2D eigenvalue weighted by Gasteiger charge is -2.44. The molecule has 1 aliphatic heterocycles. The normalized spacial score (nSPS) is 30.8. The molecule has 0 bridgehead atoms. The van der Waals surface area contributed by atoms with Gasteiger partial charge >= 0.3 is 0 Å². The minimum Gasteiger partial charge on any atom is -0.339 e. The van der Waals surface area contributed by atoms with Crippen LogP contribution in [-0.2, 0) is 4.79 Å². The average molecular weight is 238 g/mol. The summed E-state index contributed by atoms with van der Waals surface area (Å²) < 4.78 is 0. The number of nitrogens with two attached hydrogens (primary N) is 1. The molecule has 2 fully saturated rings. The second kappa shape index (κ2) is 5.85. The molecule has 0 aromatic rings. The van der Waals surface area contributed by atoms with E-state index in [1.54, 1.807) is 0 Å². The number of piperidine rings is 1. The minimum atomic E-state index is 0.144. The largest absolute Gasteiger partial charge is 0.339 e. The topological polar surface area (TPSA) is 46.3 Å². The van der Waals surface area contributed by atoms with Gasteiger partial charge in [0.05, 0.1) is 0 Å². The quantitative estimate of drug-likeness (QED) is 0.820. The van der Waals surface area contributed by atoms with E-state index in [0.29, 0.717) is 18.4 Å². The molecule has 1 amide bonds. The van der Waals surface area contributed by atoms with Gasteiger partial charge in [0.2, 0.25) is 5.91 Å². The number of likely N-dealkylation sites (tertiary alicyclic amines) is 1. The molecule has 0 radical (unpaired) electrons. The van der Waals surface area contributed by atoms with E-state index in [1.807, 2.05) is 6.92 Å². The van der Waals surface area contributed by atoms with E-state index in [0.717, 1.165) is 18.9 Å². The molecule has 1 heterocycles. The van der Waals surface area contributed by atoms with Gasteiger partial charge in [-0.2, -0.15) is 0 Å². The molecule has 98 valence electrons. The second-order valence-corrected chi connectivity index (χ2v) is 5.86. The van der Waals surface area contributed by atoms with Gasteiger partial charge in [-0.1, -0.05) is 12.8 Å². The van der Waals surface area contributed by atoms with Crippen LogP contribution in [0.1, 0.15) is 58.3 Å². The standard InChI is InChI=1S/C14H26N2O/c1-11(15)8-9-14(17)16-10-4-6-12-5-2-3-7-13(12)16/h11-13H,2-10,15H2,1H3/t11?,12-,13-/m1/s1. The van der Waals surface area contributed by atoms with Crippen molar-refractivity contribution in [2.45, 2.75) is 70.4 Å². The molecule has 17 heavy (non-hydrogen) atoms. The summed E-state index contributed by atoms with van der Waals surface area (Å²) >= 11 is 0. The van der Waals surface area contributed by atoms with Crippen LogP contribution in [0.5, 0.6) is 0 Å². The number of carbonyl (C=O) groups excluding carboxylic acids is 1. The SMILES string of the molecule is CC(N)CCC(=O)N1CCC[C@H]2CCCC[C@H]21. The zero-order valence-electron chi connectivity index (χ0n) is 11.0. The monoisotopic (exact) mass is 238 g/mol. The molecule has 0 aromatic heterocycles. The van der Waals surface area contributed by atoms with E-state index in [9.17, 15) is 4.79 Å². The van der Waals surface area contributed by atoms with Crippen LogP contribution >= 0.6 is 0 Å². The molecule has 3 atom stereocenters. The molecule has 1 saturated heterocycles. The van der Waals surface area contributed by atoms with Gasteiger partial charge in [0.15, 0.2) is 0 Å². The summed E-state index contributed by atoms with van der Waals surface area (Å²) in [4.78, 5) is 14.4. The molecular formula is C14H26N2O. The highest BCUT2D eigenvalue weighted by atomic mass is 16.2. The zero-order chi connectivity index (χ0) is 12.3. The Morgan fingerprint density at radius 1 is 1.29 bits per heavy atom. The van der Waals surface area contributed by atoms with Crippen molar-refractivity contribution >= 4 is 5.91 Å². The van der Waals surface area contributed by atoms with E-state index in [1.165, 1.54) is 38.5 Å². The van der Waals surface area contributed by atoms with Crippen molar-refractivity contribution in [2.24, 2.45) is 11.7 Å². The van der Waals surface area contributed by atoms with Crippen LogP contribution in [0.2, 0.25) is 0 Å². The van der Waals surface area contributed by atoms with E-state index in [2.05, 4.69) is 4.90 Å². The number of hydrogen-bond acceptors (Lipinski definition) is 2. The maximum atomic E-state index is 12.2. The van der Waals surface area contributed by atoms with Crippen molar-refractivity contribution in [2.75, 3.05) is 6.54 Å². The second-order valence-electron chi connectivity index (χ2n) is 5.86. The third-order valence-corrected chi connectivity index (χ3v) is 4.38. The number of hydrogen-bond donors (Lipinski definition) is 1. The highest BCUT2D eigenvalue weighted by molar-refractivity contribution is 5.76. The van der Waals surface area contributed by atoms with Crippen molar-refractivity contribution in [3.8, 4) is 0 Å². The van der Waals surface area contributed by atoms with Gasteiger partial charge in [-0.05, 0) is 44.9 Å². The minimum absolute atomic E-state index is 0.144. The maximum absolute atomic E-state index is 12.2. The third-order valence-electron chi connectivity index (χ3n) is 4.38. The Kier molecular flexibility index (Phi) is 4.43. The Hall–Kier alpha value is -0.570. The van der Waals surface area contributed by atoms with Crippen LogP contribution in [-0.4, -0.2) is 29.4 Å². The van der Waals surface area contributed by atoms with Gasteiger partial charge in [-0.15, -0.1) is 0 Å². The highest BCUT2D eigenvalue weighted by Crippen LogP contribution is 2.35. The summed E-state index contributed by atoms with van der Waals surface area (Å²) in [6.07, 6.45) is 9.23. The van der Waals surface area contributed by atoms with Crippen molar-refractivity contribution in [3.63, 3.8) is 0 Å². The Balaban J connectivity index is 1.91. The summed E-state index contributed by atoms with van der Waals surface area (Å²) in [6, 6.07) is 0.698. The van der Waals surface area contributed by atoms with E-state index in [4.69, 9.17) is 5.73 Å². The number of carbonyl (C=O) groups is 1. The first-order valence-electron chi connectivity index (χ1n) is 7.23. The summed E-state index contributed by atoms with van der Waals surface area (Å²) in [6.45, 7) is 2.96. The van der Waals surface area contributed by atoms with Gasteiger partial charge in [0, 0.05) is 25.0 Å². The van der Waals surface area contributed by atoms with Gasteiger partial charge in [-0.3, -0.25) is 4.79 Å². The zero-order valence-corrected chi connectivity index (χ0v) is 11.0. The molecule has 2 rings (SSSR count). The van der Waals surface area contributed by atoms with Gasteiger partial charge in [-0.25, -0.2) is 0 Å². The van der Waals surface area contributed by atoms with Crippen LogP contribution < -0.4 is 5.73 Å². The van der Waals surface area contributed by atoms with Crippen molar-refractivity contribution in [3.05, 3.63) is 0 Å². The highest BCUT2D eigenvalue weighted by Gasteiger charge is 2.35. The Morgan fingerprint density at radius 3 is 2.76 bits per heavy atom. The molecule has 0 spiro atoms. The molecule has 1 saturated carbocycles. The number of amides is 1. The fraction of sp³-hybridized carbons (Fsp3) is 0.929. The first-order valence-corrected chi connectivity index (χ1v) is 7.23. The van der Waals surface area contributed by atoms with E-state index < -0.39 is 0 Å². The average Bonchev–Trinajstić information content (AvgIpc) is 2.35. The Bertz CT molecular complexity index is 263. The lowest BCUT2D eigenvalue weighted by molar-refractivity contribution is -0.137. The van der Waals surface area contributed by atoms with Gasteiger partial charge in [0.25, 0.3) is 0 Å². The predicted molar refractivity (Wildman–Crippen MR) is 69.6 cm³/mol.